The molecule has 2 heterocycles. The Morgan fingerprint density at radius 2 is 1.93 bits per heavy atom. The lowest BCUT2D eigenvalue weighted by atomic mass is 10.1. The fourth-order valence-electron chi connectivity index (χ4n) is 2.72. The van der Waals surface area contributed by atoms with Crippen molar-refractivity contribution in [1.82, 2.24) is 15.3 Å². The third-order valence-corrected chi connectivity index (χ3v) is 5.54. The zero-order chi connectivity index (χ0) is 20.2. The molecule has 0 atom stereocenters. The van der Waals surface area contributed by atoms with E-state index in [1.54, 1.807) is 30.7 Å². The van der Waals surface area contributed by atoms with Crippen LogP contribution in [0.1, 0.15) is 44.0 Å². The summed E-state index contributed by atoms with van der Waals surface area (Å²) in [6.45, 7) is 2.50. The van der Waals surface area contributed by atoms with Crippen LogP contribution < -0.4 is 16.0 Å². The Balaban J connectivity index is 1.40. The number of benzene rings is 1. The number of rotatable bonds is 7. The van der Waals surface area contributed by atoms with Crippen LogP contribution in [0.25, 0.3) is 0 Å². The van der Waals surface area contributed by atoms with Gasteiger partial charge in [0.25, 0.3) is 11.8 Å². The van der Waals surface area contributed by atoms with Crippen molar-refractivity contribution in [3.8, 4) is 0 Å². The molecule has 8 heteroatoms. The molecule has 1 aliphatic rings. The second-order valence-corrected chi connectivity index (χ2v) is 8.00. The normalized spacial score (nSPS) is 13.0. The van der Waals surface area contributed by atoms with Gasteiger partial charge >= 0.3 is 0 Å². The highest BCUT2D eigenvalue weighted by Crippen LogP contribution is 2.23. The summed E-state index contributed by atoms with van der Waals surface area (Å²) >= 11 is 1.28. The van der Waals surface area contributed by atoms with E-state index in [0.29, 0.717) is 27.8 Å². The summed E-state index contributed by atoms with van der Waals surface area (Å²) in [7, 11) is 0. The van der Waals surface area contributed by atoms with Gasteiger partial charge in [-0.25, -0.2) is 4.98 Å². The highest BCUT2D eigenvalue weighted by Gasteiger charge is 2.24. The zero-order valence-corrected chi connectivity index (χ0v) is 16.8. The Hall–Kier alpha value is -3.26. The molecule has 0 saturated heterocycles. The van der Waals surface area contributed by atoms with Crippen molar-refractivity contribution in [2.24, 2.45) is 0 Å². The Kier molecular flexibility index (Phi) is 5.53. The van der Waals surface area contributed by atoms with Gasteiger partial charge in [-0.05, 0) is 55.2 Å². The lowest BCUT2D eigenvalue weighted by Gasteiger charge is -2.10. The maximum absolute atomic E-state index is 12.6. The Labute approximate surface area is 172 Å². The molecule has 0 spiro atoms. The van der Waals surface area contributed by atoms with Crippen molar-refractivity contribution in [3.05, 3.63) is 70.5 Å². The molecule has 0 unspecified atom stereocenters. The minimum absolute atomic E-state index is 0.108. The first-order valence-electron chi connectivity index (χ1n) is 9.40. The highest BCUT2D eigenvalue weighted by molar-refractivity contribution is 7.17. The number of nitrogens with zero attached hydrogens (tertiary/aromatic N) is 2. The monoisotopic (exact) mass is 407 g/mol. The molecule has 0 aliphatic heterocycles. The summed E-state index contributed by atoms with van der Waals surface area (Å²) in [5.74, 6) is -0.356. The Morgan fingerprint density at radius 3 is 2.69 bits per heavy atom. The molecular formula is C21H21N5O2S. The van der Waals surface area contributed by atoms with Crippen molar-refractivity contribution in [3.63, 3.8) is 0 Å². The van der Waals surface area contributed by atoms with Gasteiger partial charge in [0.1, 0.15) is 4.88 Å². The van der Waals surface area contributed by atoms with Gasteiger partial charge in [0, 0.05) is 36.2 Å². The first kappa shape index (κ1) is 19.1. The highest BCUT2D eigenvalue weighted by atomic mass is 32.1. The molecule has 4 rings (SSSR count). The molecule has 0 bridgehead atoms. The number of hydrogen-bond donors (Lipinski definition) is 3. The number of amides is 2. The van der Waals surface area contributed by atoms with Crippen molar-refractivity contribution in [2.45, 2.75) is 32.4 Å². The summed E-state index contributed by atoms with van der Waals surface area (Å²) in [6.07, 6.45) is 7.08. The molecule has 1 aliphatic carbocycles. The molecule has 0 radical (unpaired) electrons. The van der Waals surface area contributed by atoms with Gasteiger partial charge in [0.15, 0.2) is 5.13 Å². The molecule has 2 aromatic heterocycles. The van der Waals surface area contributed by atoms with Crippen LogP contribution in [0.3, 0.4) is 0 Å². The van der Waals surface area contributed by atoms with Crippen LogP contribution in [0.5, 0.6) is 0 Å². The van der Waals surface area contributed by atoms with Gasteiger partial charge in [-0.1, -0.05) is 17.4 Å². The standard InChI is InChI=1S/C21H21N5O2S/c1-13-2-3-15(19(27)25-16-4-5-16)10-17(13)26-20(28)18-12-24-21(29-18)23-11-14-6-8-22-9-7-14/h2-3,6-10,12,16H,4-5,11H2,1H3,(H,23,24)(H,25,27)(H,26,28). The van der Waals surface area contributed by atoms with Crippen LogP contribution >= 0.6 is 11.3 Å². The molecule has 1 saturated carbocycles. The Bertz CT molecular complexity index is 1030. The van der Waals surface area contributed by atoms with Crippen LogP contribution in [-0.4, -0.2) is 27.8 Å². The van der Waals surface area contributed by atoms with E-state index in [9.17, 15) is 9.59 Å². The minimum Gasteiger partial charge on any atom is -0.357 e. The summed E-state index contributed by atoms with van der Waals surface area (Å²) in [5.41, 5.74) is 3.14. The first-order valence-corrected chi connectivity index (χ1v) is 10.2. The second kappa shape index (κ2) is 8.40. The van der Waals surface area contributed by atoms with Gasteiger partial charge in [-0.3, -0.25) is 14.6 Å². The molecule has 1 fully saturated rings. The van der Waals surface area contributed by atoms with Gasteiger partial charge < -0.3 is 16.0 Å². The minimum atomic E-state index is -0.248. The number of nitrogens with one attached hydrogen (secondary N) is 3. The number of aryl methyl sites for hydroxylation is 1. The Morgan fingerprint density at radius 1 is 1.14 bits per heavy atom. The fraction of sp³-hybridized carbons (Fsp3) is 0.238. The van der Waals surface area contributed by atoms with Gasteiger partial charge in [0.2, 0.25) is 0 Å². The van der Waals surface area contributed by atoms with Crippen LogP contribution in [0.2, 0.25) is 0 Å². The van der Waals surface area contributed by atoms with Gasteiger partial charge in [-0.15, -0.1) is 0 Å². The quantitative estimate of drug-likeness (QED) is 0.556. The van der Waals surface area contributed by atoms with Crippen molar-refractivity contribution in [1.29, 1.82) is 0 Å². The topological polar surface area (TPSA) is 96.0 Å². The maximum atomic E-state index is 12.6. The molecule has 29 heavy (non-hydrogen) atoms. The number of carbonyl (C=O) groups is 2. The molecule has 2 amide bonds. The van der Waals surface area contributed by atoms with Crippen LogP contribution in [0.15, 0.2) is 48.9 Å². The largest absolute Gasteiger partial charge is 0.357 e. The molecule has 3 N–H and O–H groups in total. The molecule has 7 nitrogen and oxygen atoms in total. The van der Waals surface area contributed by atoms with Gasteiger partial charge in [-0.2, -0.15) is 0 Å². The number of aromatic nitrogens is 2. The summed E-state index contributed by atoms with van der Waals surface area (Å²) in [5, 5.41) is 9.73. The van der Waals surface area contributed by atoms with E-state index in [1.165, 1.54) is 11.3 Å². The summed E-state index contributed by atoms with van der Waals surface area (Å²) in [4.78, 5) is 33.7. The van der Waals surface area contributed by atoms with E-state index in [4.69, 9.17) is 0 Å². The number of thiazole rings is 1. The average molecular weight is 407 g/mol. The van der Waals surface area contributed by atoms with E-state index in [1.807, 2.05) is 25.1 Å². The summed E-state index contributed by atoms with van der Waals surface area (Å²) in [6, 6.07) is 9.46. The predicted molar refractivity (Wildman–Crippen MR) is 113 cm³/mol. The van der Waals surface area contributed by atoms with E-state index in [0.717, 1.165) is 24.0 Å². The number of hydrogen-bond acceptors (Lipinski definition) is 6. The van der Waals surface area contributed by atoms with E-state index < -0.39 is 0 Å². The lowest BCUT2D eigenvalue weighted by Crippen LogP contribution is -2.25. The fourth-order valence-corrected chi connectivity index (χ4v) is 3.42. The SMILES string of the molecule is Cc1ccc(C(=O)NC2CC2)cc1NC(=O)c1cnc(NCc2ccncc2)s1. The molecular weight excluding hydrogens is 386 g/mol. The van der Waals surface area contributed by atoms with Crippen LogP contribution in [0.4, 0.5) is 10.8 Å². The van der Waals surface area contributed by atoms with Crippen molar-refractivity contribution in [2.75, 3.05) is 10.6 Å². The van der Waals surface area contributed by atoms with E-state index in [2.05, 4.69) is 25.9 Å². The van der Waals surface area contributed by atoms with Crippen LogP contribution in [0, 0.1) is 6.92 Å². The number of pyridine rings is 1. The smallest absolute Gasteiger partial charge is 0.267 e. The lowest BCUT2D eigenvalue weighted by molar-refractivity contribution is 0.0949. The van der Waals surface area contributed by atoms with Gasteiger partial charge in [0.05, 0.1) is 6.20 Å². The third-order valence-electron chi connectivity index (χ3n) is 4.58. The predicted octanol–water partition coefficient (Wildman–Crippen LogP) is 3.60. The average Bonchev–Trinajstić information content (AvgIpc) is 3.41. The number of anilines is 2. The number of carbonyl (C=O) groups excluding carboxylic acids is 2. The van der Waals surface area contributed by atoms with Crippen molar-refractivity contribution < 1.29 is 9.59 Å². The maximum Gasteiger partial charge on any atom is 0.267 e. The molecule has 148 valence electrons. The summed E-state index contributed by atoms with van der Waals surface area (Å²) < 4.78 is 0. The van der Waals surface area contributed by atoms with E-state index >= 15 is 0 Å². The second-order valence-electron chi connectivity index (χ2n) is 6.97. The third kappa shape index (κ3) is 4.97. The zero-order valence-electron chi connectivity index (χ0n) is 15.9. The van der Waals surface area contributed by atoms with Crippen molar-refractivity contribution >= 4 is 34.0 Å². The first-order chi connectivity index (χ1) is 14.1. The van der Waals surface area contributed by atoms with E-state index in [-0.39, 0.29) is 17.9 Å². The molecule has 1 aromatic carbocycles. The van der Waals surface area contributed by atoms with Crippen LogP contribution in [-0.2, 0) is 6.54 Å². The molecule has 3 aromatic rings.